The Balaban J connectivity index is 1.48. The maximum atomic E-state index is 12.5. The largest absolute Gasteiger partial charge is 0.389 e. The average Bonchev–Trinajstić information content (AvgIpc) is 3.11. The SMILES string of the molecule is C[C@@H]1CN(C(=O)CCCc2cccs2)CC[C@@]1(O)C1CCOCC1. The molecule has 0 spiro atoms. The Hall–Kier alpha value is -0.910. The summed E-state index contributed by atoms with van der Waals surface area (Å²) in [6.45, 7) is 4.98. The first-order valence-corrected chi connectivity index (χ1v) is 10.1. The third kappa shape index (κ3) is 4.01. The minimum atomic E-state index is -0.627. The van der Waals surface area contributed by atoms with Gasteiger partial charge in [0.1, 0.15) is 0 Å². The molecule has 3 heterocycles. The fraction of sp³-hybridized carbons (Fsp3) is 0.737. The Kier molecular flexibility index (Phi) is 5.95. The van der Waals surface area contributed by atoms with Crippen molar-refractivity contribution in [1.82, 2.24) is 4.90 Å². The number of nitrogens with zero attached hydrogens (tertiary/aromatic N) is 1. The highest BCUT2D eigenvalue weighted by Gasteiger charge is 2.45. The Morgan fingerprint density at radius 2 is 2.25 bits per heavy atom. The number of carbonyl (C=O) groups is 1. The van der Waals surface area contributed by atoms with Crippen molar-refractivity contribution < 1.29 is 14.6 Å². The van der Waals surface area contributed by atoms with Crippen LogP contribution in [0, 0.1) is 11.8 Å². The molecular weight excluding hydrogens is 322 g/mol. The Morgan fingerprint density at radius 3 is 2.92 bits per heavy atom. The number of piperidine rings is 1. The van der Waals surface area contributed by atoms with E-state index in [0.717, 1.165) is 38.9 Å². The van der Waals surface area contributed by atoms with E-state index in [2.05, 4.69) is 24.4 Å². The summed E-state index contributed by atoms with van der Waals surface area (Å²) in [5, 5.41) is 13.3. The third-order valence-corrected chi connectivity index (χ3v) is 6.74. The minimum Gasteiger partial charge on any atom is -0.389 e. The van der Waals surface area contributed by atoms with Gasteiger partial charge in [-0.15, -0.1) is 11.3 Å². The molecule has 2 aliphatic heterocycles. The van der Waals surface area contributed by atoms with Crippen LogP contribution in [0.15, 0.2) is 17.5 Å². The van der Waals surface area contributed by atoms with Gasteiger partial charge in [-0.1, -0.05) is 13.0 Å². The molecule has 0 radical (unpaired) electrons. The molecule has 0 aromatic carbocycles. The number of aryl methyl sites for hydroxylation is 1. The van der Waals surface area contributed by atoms with E-state index in [0.29, 0.717) is 31.8 Å². The van der Waals surface area contributed by atoms with Crippen molar-refractivity contribution in [3.05, 3.63) is 22.4 Å². The van der Waals surface area contributed by atoms with Gasteiger partial charge in [0, 0.05) is 43.5 Å². The van der Waals surface area contributed by atoms with Gasteiger partial charge in [-0.05, 0) is 49.5 Å². The third-order valence-electron chi connectivity index (χ3n) is 5.80. The zero-order valence-corrected chi connectivity index (χ0v) is 15.4. The van der Waals surface area contributed by atoms with Crippen molar-refractivity contribution in [2.75, 3.05) is 26.3 Å². The smallest absolute Gasteiger partial charge is 0.222 e. The number of rotatable bonds is 5. The Morgan fingerprint density at radius 1 is 1.46 bits per heavy atom. The monoisotopic (exact) mass is 351 g/mol. The average molecular weight is 352 g/mol. The van der Waals surface area contributed by atoms with Gasteiger partial charge < -0.3 is 14.7 Å². The summed E-state index contributed by atoms with van der Waals surface area (Å²) in [7, 11) is 0. The number of amides is 1. The lowest BCUT2D eigenvalue weighted by atomic mass is 9.70. The summed E-state index contributed by atoms with van der Waals surface area (Å²) in [5.41, 5.74) is -0.627. The van der Waals surface area contributed by atoms with Gasteiger partial charge in [0.15, 0.2) is 0 Å². The molecule has 1 amide bonds. The van der Waals surface area contributed by atoms with Crippen LogP contribution in [-0.2, 0) is 16.0 Å². The van der Waals surface area contributed by atoms with E-state index < -0.39 is 5.60 Å². The van der Waals surface area contributed by atoms with Gasteiger partial charge in [-0.2, -0.15) is 0 Å². The number of hydrogen-bond acceptors (Lipinski definition) is 4. The van der Waals surface area contributed by atoms with Crippen molar-refractivity contribution >= 4 is 17.2 Å². The van der Waals surface area contributed by atoms with Crippen LogP contribution in [0.2, 0.25) is 0 Å². The molecule has 134 valence electrons. The van der Waals surface area contributed by atoms with Crippen LogP contribution >= 0.6 is 11.3 Å². The zero-order valence-electron chi connectivity index (χ0n) is 14.6. The number of ether oxygens (including phenoxy) is 1. The lowest BCUT2D eigenvalue weighted by molar-refractivity contribution is -0.151. The second kappa shape index (κ2) is 7.98. The van der Waals surface area contributed by atoms with Crippen LogP contribution in [0.1, 0.15) is 43.9 Å². The molecule has 3 rings (SSSR count). The number of aliphatic hydroxyl groups is 1. The molecule has 0 bridgehead atoms. The van der Waals surface area contributed by atoms with E-state index in [1.165, 1.54) is 4.88 Å². The van der Waals surface area contributed by atoms with Crippen molar-refractivity contribution in [1.29, 1.82) is 0 Å². The summed E-state index contributed by atoms with van der Waals surface area (Å²) in [6.07, 6.45) is 5.09. The number of likely N-dealkylation sites (tertiary alicyclic amines) is 1. The highest BCUT2D eigenvalue weighted by atomic mass is 32.1. The second-order valence-electron chi connectivity index (χ2n) is 7.30. The zero-order chi connectivity index (χ0) is 17.0. The maximum absolute atomic E-state index is 12.5. The molecule has 2 atom stereocenters. The van der Waals surface area contributed by atoms with Gasteiger partial charge in [0.25, 0.3) is 0 Å². The lowest BCUT2D eigenvalue weighted by Crippen LogP contribution is -2.56. The van der Waals surface area contributed by atoms with Crippen molar-refractivity contribution in [2.45, 2.75) is 51.0 Å². The van der Waals surface area contributed by atoms with Gasteiger partial charge >= 0.3 is 0 Å². The van der Waals surface area contributed by atoms with Crippen LogP contribution in [0.3, 0.4) is 0 Å². The fourth-order valence-corrected chi connectivity index (χ4v) is 4.95. The van der Waals surface area contributed by atoms with E-state index in [4.69, 9.17) is 4.74 Å². The summed E-state index contributed by atoms with van der Waals surface area (Å²) >= 11 is 1.76. The van der Waals surface area contributed by atoms with Crippen molar-refractivity contribution in [3.8, 4) is 0 Å². The highest BCUT2D eigenvalue weighted by Crippen LogP contribution is 2.39. The van der Waals surface area contributed by atoms with Crippen molar-refractivity contribution in [2.24, 2.45) is 11.8 Å². The van der Waals surface area contributed by atoms with E-state index in [-0.39, 0.29) is 11.8 Å². The van der Waals surface area contributed by atoms with Gasteiger partial charge in [-0.25, -0.2) is 0 Å². The van der Waals surface area contributed by atoms with Crippen molar-refractivity contribution in [3.63, 3.8) is 0 Å². The first-order valence-electron chi connectivity index (χ1n) is 9.20. The van der Waals surface area contributed by atoms with E-state index in [9.17, 15) is 9.90 Å². The van der Waals surface area contributed by atoms with Crippen LogP contribution in [0.4, 0.5) is 0 Å². The van der Waals surface area contributed by atoms with E-state index >= 15 is 0 Å². The Labute approximate surface area is 148 Å². The summed E-state index contributed by atoms with van der Waals surface area (Å²) in [6, 6.07) is 4.19. The fourth-order valence-electron chi connectivity index (χ4n) is 4.20. The number of thiophene rings is 1. The highest BCUT2D eigenvalue weighted by molar-refractivity contribution is 7.09. The molecule has 0 saturated carbocycles. The summed E-state index contributed by atoms with van der Waals surface area (Å²) < 4.78 is 5.43. The number of hydrogen-bond donors (Lipinski definition) is 1. The molecule has 24 heavy (non-hydrogen) atoms. The van der Waals surface area contributed by atoms with Crippen LogP contribution in [0.25, 0.3) is 0 Å². The van der Waals surface area contributed by atoms with E-state index in [1.54, 1.807) is 11.3 Å². The summed E-state index contributed by atoms with van der Waals surface area (Å²) in [5.74, 6) is 0.695. The molecule has 0 unspecified atom stereocenters. The Bertz CT molecular complexity index is 527. The normalized spacial score (nSPS) is 28.9. The molecule has 0 aliphatic carbocycles. The van der Waals surface area contributed by atoms with Gasteiger partial charge in [0.05, 0.1) is 5.60 Å². The molecule has 5 heteroatoms. The molecule has 1 aromatic rings. The quantitative estimate of drug-likeness (QED) is 0.887. The standard InChI is InChI=1S/C19H29NO3S/c1-15-14-20(18(21)6-2-4-17-5-3-13-24-17)10-9-19(15,22)16-7-11-23-12-8-16/h3,5,13,15-16,22H,2,4,6-12,14H2,1H3/t15-,19+/m1/s1. The first kappa shape index (κ1) is 17.9. The predicted molar refractivity (Wildman–Crippen MR) is 96.1 cm³/mol. The first-order chi connectivity index (χ1) is 11.6. The predicted octanol–water partition coefficient (Wildman–Crippen LogP) is 3.10. The second-order valence-corrected chi connectivity index (χ2v) is 8.33. The van der Waals surface area contributed by atoms with Gasteiger partial charge in [0.2, 0.25) is 5.91 Å². The van der Waals surface area contributed by atoms with Gasteiger partial charge in [-0.3, -0.25) is 4.79 Å². The summed E-state index contributed by atoms with van der Waals surface area (Å²) in [4.78, 5) is 15.8. The maximum Gasteiger partial charge on any atom is 0.222 e. The molecule has 1 aromatic heterocycles. The molecule has 1 N–H and O–H groups in total. The molecule has 2 saturated heterocycles. The number of carbonyl (C=O) groups excluding carboxylic acids is 1. The van der Waals surface area contributed by atoms with Crippen LogP contribution in [0.5, 0.6) is 0 Å². The topological polar surface area (TPSA) is 49.8 Å². The molecule has 2 aliphatic rings. The van der Waals surface area contributed by atoms with Crippen LogP contribution in [-0.4, -0.2) is 47.8 Å². The molecular formula is C19H29NO3S. The minimum absolute atomic E-state index is 0.135. The van der Waals surface area contributed by atoms with Crippen LogP contribution < -0.4 is 0 Å². The molecule has 2 fully saturated rings. The molecule has 4 nitrogen and oxygen atoms in total. The lowest BCUT2D eigenvalue weighted by Gasteiger charge is -2.48. The van der Waals surface area contributed by atoms with E-state index in [1.807, 2.05) is 4.90 Å².